The molecule has 11 aromatic rings. The van der Waals surface area contributed by atoms with Crippen LogP contribution in [-0.4, -0.2) is 0 Å². The molecule has 0 N–H and O–H groups in total. The monoisotopic (exact) mass is 672 g/mol. The summed E-state index contributed by atoms with van der Waals surface area (Å²) in [6.07, 6.45) is 0. The number of benzene rings is 10. The third-order valence-electron chi connectivity index (χ3n) is 11.1. The Balaban J connectivity index is 1.17. The van der Waals surface area contributed by atoms with E-state index in [4.69, 9.17) is 4.42 Å². The summed E-state index contributed by atoms with van der Waals surface area (Å²) in [6.45, 7) is 0. The van der Waals surface area contributed by atoms with Crippen LogP contribution >= 0.6 is 0 Å². The Hall–Kier alpha value is -6.96. The molecule has 1 nitrogen and oxygen atoms in total. The topological polar surface area (TPSA) is 13.1 Å². The Labute approximate surface area is 307 Å². The Bertz CT molecular complexity index is 3170. The molecule has 0 fully saturated rings. The van der Waals surface area contributed by atoms with Crippen LogP contribution in [0.5, 0.6) is 0 Å². The highest BCUT2D eigenvalue weighted by Gasteiger charge is 2.21. The molecular formula is C52H32O. The first kappa shape index (κ1) is 29.7. The lowest BCUT2D eigenvalue weighted by molar-refractivity contribution is 0.669. The molecule has 10 aromatic carbocycles. The van der Waals surface area contributed by atoms with E-state index in [1.807, 2.05) is 12.1 Å². The summed E-state index contributed by atoms with van der Waals surface area (Å²) in [4.78, 5) is 0. The van der Waals surface area contributed by atoms with Crippen molar-refractivity contribution in [2.45, 2.75) is 0 Å². The fraction of sp³-hybridized carbons (Fsp3) is 0. The molecule has 1 heteroatoms. The summed E-state index contributed by atoms with van der Waals surface area (Å²) in [5.74, 6) is 0. The smallest absolute Gasteiger partial charge is 0.136 e. The number of hydrogen-bond acceptors (Lipinski definition) is 1. The van der Waals surface area contributed by atoms with E-state index in [-0.39, 0.29) is 0 Å². The van der Waals surface area contributed by atoms with Crippen molar-refractivity contribution in [2.75, 3.05) is 0 Å². The molecule has 0 saturated heterocycles. The summed E-state index contributed by atoms with van der Waals surface area (Å²) in [7, 11) is 0. The molecule has 53 heavy (non-hydrogen) atoms. The van der Waals surface area contributed by atoms with Crippen molar-refractivity contribution in [3.63, 3.8) is 0 Å². The van der Waals surface area contributed by atoms with Crippen LogP contribution in [0.1, 0.15) is 0 Å². The van der Waals surface area contributed by atoms with Crippen LogP contribution in [0.3, 0.4) is 0 Å². The van der Waals surface area contributed by atoms with Gasteiger partial charge in [0, 0.05) is 10.8 Å². The van der Waals surface area contributed by atoms with Gasteiger partial charge in [-0.25, -0.2) is 0 Å². The third-order valence-corrected chi connectivity index (χ3v) is 11.1. The van der Waals surface area contributed by atoms with Crippen molar-refractivity contribution >= 4 is 65.0 Å². The first-order valence-corrected chi connectivity index (χ1v) is 18.3. The van der Waals surface area contributed by atoms with Gasteiger partial charge in [-0.05, 0) is 106 Å². The molecule has 0 atom stereocenters. The number of para-hydroxylation sites is 1. The van der Waals surface area contributed by atoms with Crippen LogP contribution in [-0.2, 0) is 0 Å². The summed E-state index contributed by atoms with van der Waals surface area (Å²) in [5, 5.41) is 12.2. The molecule has 0 radical (unpaired) electrons. The van der Waals surface area contributed by atoms with Gasteiger partial charge in [0.05, 0.1) is 0 Å². The fourth-order valence-corrected chi connectivity index (χ4v) is 8.77. The molecule has 1 aromatic heterocycles. The van der Waals surface area contributed by atoms with Gasteiger partial charge in [-0.3, -0.25) is 0 Å². The zero-order valence-corrected chi connectivity index (χ0v) is 28.9. The van der Waals surface area contributed by atoms with Crippen LogP contribution in [0.4, 0.5) is 0 Å². The van der Waals surface area contributed by atoms with Gasteiger partial charge in [0.15, 0.2) is 0 Å². The number of hydrogen-bond donors (Lipinski definition) is 0. The number of rotatable bonds is 4. The van der Waals surface area contributed by atoms with Crippen LogP contribution < -0.4 is 0 Å². The predicted molar refractivity (Wildman–Crippen MR) is 225 cm³/mol. The second-order valence-electron chi connectivity index (χ2n) is 13.9. The minimum atomic E-state index is 0.910. The third kappa shape index (κ3) is 4.58. The molecule has 246 valence electrons. The SMILES string of the molecule is c1ccc(-c2c3ccccc3c(-c3ccc(-c4ccc5c(c4)oc4ccccc45)c4ccccc34)c3ccccc23)c(-c2cccc3ccccc23)c1. The zero-order valence-electron chi connectivity index (χ0n) is 28.9. The number of furan rings is 1. The van der Waals surface area contributed by atoms with Crippen molar-refractivity contribution in [2.24, 2.45) is 0 Å². The summed E-state index contributed by atoms with van der Waals surface area (Å²) < 4.78 is 6.32. The zero-order chi connectivity index (χ0) is 34.9. The second kappa shape index (κ2) is 11.8. The first-order valence-electron chi connectivity index (χ1n) is 18.3. The quantitative estimate of drug-likeness (QED) is 0.170. The lowest BCUT2D eigenvalue weighted by atomic mass is 9.82. The van der Waals surface area contributed by atoms with E-state index in [1.54, 1.807) is 0 Å². The Morgan fingerprint density at radius 2 is 0.717 bits per heavy atom. The largest absolute Gasteiger partial charge is 0.456 e. The van der Waals surface area contributed by atoms with E-state index >= 15 is 0 Å². The van der Waals surface area contributed by atoms with Gasteiger partial charge in [0.25, 0.3) is 0 Å². The molecule has 0 unspecified atom stereocenters. The van der Waals surface area contributed by atoms with Gasteiger partial charge in [0.2, 0.25) is 0 Å². The Morgan fingerprint density at radius 3 is 1.43 bits per heavy atom. The fourth-order valence-electron chi connectivity index (χ4n) is 8.77. The van der Waals surface area contributed by atoms with E-state index in [0.717, 1.165) is 27.5 Å². The maximum Gasteiger partial charge on any atom is 0.136 e. The van der Waals surface area contributed by atoms with Crippen LogP contribution in [0.25, 0.3) is 110 Å². The molecule has 11 rings (SSSR count). The van der Waals surface area contributed by atoms with Crippen molar-refractivity contribution in [1.82, 2.24) is 0 Å². The number of fused-ring (bicyclic) bond motifs is 7. The molecule has 0 aliphatic carbocycles. The van der Waals surface area contributed by atoms with Crippen LogP contribution in [0, 0.1) is 0 Å². The normalized spacial score (nSPS) is 11.8. The van der Waals surface area contributed by atoms with Crippen molar-refractivity contribution in [3.8, 4) is 44.5 Å². The highest BCUT2D eigenvalue weighted by Crippen LogP contribution is 2.48. The summed E-state index contributed by atoms with van der Waals surface area (Å²) in [5.41, 5.74) is 11.7. The molecule has 0 spiro atoms. The molecule has 0 saturated carbocycles. The van der Waals surface area contributed by atoms with E-state index < -0.39 is 0 Å². The Morgan fingerprint density at radius 1 is 0.245 bits per heavy atom. The van der Waals surface area contributed by atoms with E-state index in [0.29, 0.717) is 0 Å². The predicted octanol–water partition coefficient (Wildman–Crippen LogP) is 14.9. The van der Waals surface area contributed by atoms with E-state index in [9.17, 15) is 0 Å². The van der Waals surface area contributed by atoms with Gasteiger partial charge in [0.1, 0.15) is 11.2 Å². The van der Waals surface area contributed by atoms with Crippen molar-refractivity contribution < 1.29 is 4.42 Å². The maximum atomic E-state index is 6.32. The minimum absolute atomic E-state index is 0.910. The second-order valence-corrected chi connectivity index (χ2v) is 13.9. The average molecular weight is 673 g/mol. The highest BCUT2D eigenvalue weighted by atomic mass is 16.3. The Kier molecular flexibility index (Phi) is 6.62. The lowest BCUT2D eigenvalue weighted by Gasteiger charge is -2.21. The lowest BCUT2D eigenvalue weighted by Crippen LogP contribution is -1.94. The summed E-state index contributed by atoms with van der Waals surface area (Å²) >= 11 is 0. The first-order chi connectivity index (χ1) is 26.3. The standard InChI is InChI=1S/C52H32O/c1-2-16-35-33(14-1)15-13-26-38(35)39-18-5-6-21-43(39)51-44-22-7-9-24-46(44)52(47-25-10-8-23-45(47)51)48-31-30-36(37-17-3-4-19-40(37)48)34-28-29-42-41-20-11-12-27-49(41)53-50(42)32-34/h1-32H. The van der Waals surface area contributed by atoms with Crippen molar-refractivity contribution in [3.05, 3.63) is 194 Å². The van der Waals surface area contributed by atoms with E-state index in [2.05, 4.69) is 182 Å². The van der Waals surface area contributed by atoms with Gasteiger partial charge in [-0.2, -0.15) is 0 Å². The molecule has 0 aliphatic rings. The molecule has 0 amide bonds. The van der Waals surface area contributed by atoms with Gasteiger partial charge in [-0.1, -0.05) is 176 Å². The highest BCUT2D eigenvalue weighted by molar-refractivity contribution is 6.25. The minimum Gasteiger partial charge on any atom is -0.456 e. The molecule has 1 heterocycles. The van der Waals surface area contributed by atoms with Crippen molar-refractivity contribution in [1.29, 1.82) is 0 Å². The van der Waals surface area contributed by atoms with Crippen LogP contribution in [0.2, 0.25) is 0 Å². The maximum absolute atomic E-state index is 6.32. The van der Waals surface area contributed by atoms with Gasteiger partial charge < -0.3 is 4.42 Å². The van der Waals surface area contributed by atoms with E-state index in [1.165, 1.54) is 82.0 Å². The molecule has 0 aliphatic heterocycles. The van der Waals surface area contributed by atoms with Crippen LogP contribution in [0.15, 0.2) is 199 Å². The molecule has 0 bridgehead atoms. The van der Waals surface area contributed by atoms with Gasteiger partial charge in [-0.15, -0.1) is 0 Å². The average Bonchev–Trinajstić information content (AvgIpc) is 3.60. The van der Waals surface area contributed by atoms with Gasteiger partial charge >= 0.3 is 0 Å². The summed E-state index contributed by atoms with van der Waals surface area (Å²) in [6, 6.07) is 70.6. The molecular weight excluding hydrogens is 641 g/mol.